The Balaban J connectivity index is 2.42. The molecule has 1 heterocycles. The van der Waals surface area contributed by atoms with Crippen LogP contribution < -0.4 is 5.32 Å². The first-order valence-electron chi connectivity index (χ1n) is 6.42. The van der Waals surface area contributed by atoms with E-state index in [1.165, 1.54) is 5.39 Å². The van der Waals surface area contributed by atoms with Crippen LogP contribution in [-0.4, -0.2) is 16.4 Å². The Morgan fingerprint density at radius 2 is 1.89 bits per heavy atom. The van der Waals surface area contributed by atoms with E-state index in [0.29, 0.717) is 5.88 Å². The molecule has 0 atom stereocenters. The minimum Gasteiger partial charge on any atom is -0.363 e. The van der Waals surface area contributed by atoms with E-state index in [2.05, 4.69) is 36.3 Å². The van der Waals surface area contributed by atoms with Crippen molar-refractivity contribution in [1.82, 2.24) is 4.98 Å². The molecule has 2 nitrogen and oxygen atoms in total. The summed E-state index contributed by atoms with van der Waals surface area (Å²) in [5.74, 6) is 1.52. The molecule has 3 heteroatoms. The molecule has 0 aliphatic heterocycles. The molecule has 0 saturated carbocycles. The Hall–Kier alpha value is -1.28. The second-order valence-corrected chi connectivity index (χ2v) is 4.89. The number of aromatic nitrogens is 1. The molecule has 2 rings (SSSR count). The third-order valence-electron chi connectivity index (χ3n) is 3.67. The van der Waals surface area contributed by atoms with Crippen LogP contribution in [0.25, 0.3) is 10.8 Å². The summed E-state index contributed by atoms with van der Waals surface area (Å²) < 4.78 is 0. The molecule has 0 bridgehead atoms. The second-order valence-electron chi connectivity index (χ2n) is 4.63. The van der Waals surface area contributed by atoms with E-state index in [1.807, 2.05) is 24.4 Å². The molecule has 0 amide bonds. The van der Waals surface area contributed by atoms with Crippen LogP contribution in [0.4, 0.5) is 5.82 Å². The highest BCUT2D eigenvalue weighted by Gasteiger charge is 2.25. The van der Waals surface area contributed by atoms with Gasteiger partial charge < -0.3 is 5.32 Å². The molecule has 96 valence electrons. The van der Waals surface area contributed by atoms with Gasteiger partial charge in [0, 0.05) is 17.5 Å². The predicted octanol–water partition coefficient (Wildman–Crippen LogP) is 4.44. The number of anilines is 1. The first-order chi connectivity index (χ1) is 8.74. The zero-order chi connectivity index (χ0) is 13.0. The van der Waals surface area contributed by atoms with Gasteiger partial charge in [-0.3, -0.25) is 0 Å². The Bertz CT molecular complexity index is 507. The van der Waals surface area contributed by atoms with Crippen molar-refractivity contribution in [3.8, 4) is 0 Å². The second kappa shape index (κ2) is 5.57. The summed E-state index contributed by atoms with van der Waals surface area (Å²) in [7, 11) is 0. The Labute approximate surface area is 113 Å². The minimum atomic E-state index is -0.0708. The van der Waals surface area contributed by atoms with Crippen LogP contribution in [0.3, 0.4) is 0 Å². The summed E-state index contributed by atoms with van der Waals surface area (Å²) in [6.07, 6.45) is 3.81. The van der Waals surface area contributed by atoms with Crippen LogP contribution in [-0.2, 0) is 0 Å². The summed E-state index contributed by atoms with van der Waals surface area (Å²) in [6, 6.07) is 10.3. The number of hydrogen-bond acceptors (Lipinski definition) is 2. The van der Waals surface area contributed by atoms with Gasteiger partial charge in [0.25, 0.3) is 0 Å². The Kier molecular flexibility index (Phi) is 4.07. The zero-order valence-corrected chi connectivity index (χ0v) is 11.7. The third-order valence-corrected chi connectivity index (χ3v) is 4.18. The van der Waals surface area contributed by atoms with Gasteiger partial charge in [-0.15, -0.1) is 11.6 Å². The van der Waals surface area contributed by atoms with E-state index >= 15 is 0 Å². The molecule has 18 heavy (non-hydrogen) atoms. The summed E-state index contributed by atoms with van der Waals surface area (Å²) in [6.45, 7) is 4.31. The van der Waals surface area contributed by atoms with E-state index in [9.17, 15) is 0 Å². The number of pyridine rings is 1. The molecular formula is C15H19ClN2. The van der Waals surface area contributed by atoms with Crippen LogP contribution in [0.1, 0.15) is 26.7 Å². The van der Waals surface area contributed by atoms with E-state index < -0.39 is 0 Å². The monoisotopic (exact) mass is 262 g/mol. The van der Waals surface area contributed by atoms with E-state index in [0.717, 1.165) is 24.0 Å². The fourth-order valence-electron chi connectivity index (χ4n) is 2.12. The Morgan fingerprint density at radius 1 is 1.17 bits per heavy atom. The molecule has 2 aromatic rings. The smallest absolute Gasteiger partial charge is 0.134 e. The van der Waals surface area contributed by atoms with E-state index in [1.54, 1.807) is 0 Å². The van der Waals surface area contributed by atoms with Gasteiger partial charge in [0.1, 0.15) is 5.82 Å². The first kappa shape index (κ1) is 13.2. The van der Waals surface area contributed by atoms with Gasteiger partial charge in [-0.1, -0.05) is 38.1 Å². The van der Waals surface area contributed by atoms with Gasteiger partial charge in [-0.05, 0) is 24.3 Å². The van der Waals surface area contributed by atoms with Crippen molar-refractivity contribution >= 4 is 28.2 Å². The number of alkyl halides is 1. The summed E-state index contributed by atoms with van der Waals surface area (Å²) in [5, 5.41) is 5.89. The number of nitrogens with one attached hydrogen (secondary N) is 1. The lowest BCUT2D eigenvalue weighted by atomic mass is 9.95. The van der Waals surface area contributed by atoms with Gasteiger partial charge >= 0.3 is 0 Å². The fourth-order valence-corrected chi connectivity index (χ4v) is 2.56. The highest BCUT2D eigenvalue weighted by Crippen LogP contribution is 2.27. The molecule has 0 radical (unpaired) electrons. The zero-order valence-electron chi connectivity index (χ0n) is 10.9. The topological polar surface area (TPSA) is 24.9 Å². The van der Waals surface area contributed by atoms with Crippen molar-refractivity contribution in [3.05, 3.63) is 36.5 Å². The van der Waals surface area contributed by atoms with E-state index in [4.69, 9.17) is 11.6 Å². The van der Waals surface area contributed by atoms with Crippen molar-refractivity contribution < 1.29 is 0 Å². The van der Waals surface area contributed by atoms with Crippen LogP contribution in [0, 0.1) is 0 Å². The van der Waals surface area contributed by atoms with Crippen LogP contribution in [0.2, 0.25) is 0 Å². The standard InChI is InChI=1S/C15H19ClN2/c1-3-15(4-2,11-16)18-14-13-8-6-5-7-12(13)9-10-17-14/h5-10H,3-4,11H2,1-2H3,(H,17,18). The normalized spacial score (nSPS) is 11.7. The average molecular weight is 263 g/mol. The van der Waals surface area contributed by atoms with Crippen molar-refractivity contribution in [2.24, 2.45) is 0 Å². The quantitative estimate of drug-likeness (QED) is 0.806. The number of rotatable bonds is 5. The number of halogens is 1. The number of fused-ring (bicyclic) bond motifs is 1. The van der Waals surface area contributed by atoms with Crippen molar-refractivity contribution in [3.63, 3.8) is 0 Å². The maximum atomic E-state index is 6.14. The molecule has 1 aromatic heterocycles. The maximum absolute atomic E-state index is 6.14. The molecule has 0 fully saturated rings. The van der Waals surface area contributed by atoms with E-state index in [-0.39, 0.29) is 5.54 Å². The van der Waals surface area contributed by atoms with Gasteiger partial charge in [-0.25, -0.2) is 4.98 Å². The van der Waals surface area contributed by atoms with Crippen LogP contribution in [0.15, 0.2) is 36.5 Å². The summed E-state index contributed by atoms with van der Waals surface area (Å²) >= 11 is 6.14. The lowest BCUT2D eigenvalue weighted by Crippen LogP contribution is -2.39. The third kappa shape index (κ3) is 2.44. The lowest BCUT2D eigenvalue weighted by molar-refractivity contribution is 0.483. The molecule has 0 saturated heterocycles. The highest BCUT2D eigenvalue weighted by atomic mass is 35.5. The molecule has 1 aromatic carbocycles. The SMILES string of the molecule is CCC(CC)(CCl)Nc1nccc2ccccc12. The van der Waals surface area contributed by atoms with Crippen molar-refractivity contribution in [2.45, 2.75) is 32.2 Å². The summed E-state index contributed by atoms with van der Waals surface area (Å²) in [5.41, 5.74) is -0.0708. The largest absolute Gasteiger partial charge is 0.363 e. The highest BCUT2D eigenvalue weighted by molar-refractivity contribution is 6.18. The predicted molar refractivity (Wildman–Crippen MR) is 79.4 cm³/mol. The first-order valence-corrected chi connectivity index (χ1v) is 6.96. The number of benzene rings is 1. The van der Waals surface area contributed by atoms with Crippen molar-refractivity contribution in [1.29, 1.82) is 0 Å². The molecule has 0 aliphatic rings. The average Bonchev–Trinajstić information content (AvgIpc) is 2.45. The Morgan fingerprint density at radius 3 is 2.56 bits per heavy atom. The molecule has 0 aliphatic carbocycles. The van der Waals surface area contributed by atoms with Crippen LogP contribution >= 0.6 is 11.6 Å². The van der Waals surface area contributed by atoms with Crippen molar-refractivity contribution in [2.75, 3.05) is 11.2 Å². The van der Waals surface area contributed by atoms with Gasteiger partial charge in [0.05, 0.1) is 5.54 Å². The molecule has 0 unspecified atom stereocenters. The van der Waals surface area contributed by atoms with Gasteiger partial charge in [0.2, 0.25) is 0 Å². The molecular weight excluding hydrogens is 244 g/mol. The molecule has 1 N–H and O–H groups in total. The maximum Gasteiger partial charge on any atom is 0.134 e. The van der Waals surface area contributed by atoms with Gasteiger partial charge in [-0.2, -0.15) is 0 Å². The lowest BCUT2D eigenvalue weighted by Gasteiger charge is -2.31. The van der Waals surface area contributed by atoms with Crippen LogP contribution in [0.5, 0.6) is 0 Å². The fraction of sp³-hybridized carbons (Fsp3) is 0.400. The minimum absolute atomic E-state index is 0.0708. The summed E-state index contributed by atoms with van der Waals surface area (Å²) in [4.78, 5) is 4.47. The van der Waals surface area contributed by atoms with Gasteiger partial charge in [0.15, 0.2) is 0 Å². The number of hydrogen-bond donors (Lipinski definition) is 1. The molecule has 0 spiro atoms. The number of nitrogens with zero attached hydrogens (tertiary/aromatic N) is 1.